The van der Waals surface area contributed by atoms with Gasteiger partial charge >= 0.3 is 0 Å². The number of rotatable bonds is 6. The first-order chi connectivity index (χ1) is 11.1. The van der Waals surface area contributed by atoms with Crippen molar-refractivity contribution < 1.29 is 9.64 Å². The molecule has 0 radical (unpaired) electrons. The Labute approximate surface area is 143 Å². The van der Waals surface area contributed by atoms with E-state index in [9.17, 15) is 0 Å². The van der Waals surface area contributed by atoms with E-state index in [0.717, 1.165) is 18.0 Å². The molecule has 3 N–H and O–H groups in total. The van der Waals surface area contributed by atoms with Gasteiger partial charge in [-0.05, 0) is 29.9 Å². The fourth-order valence-corrected chi connectivity index (χ4v) is 2.63. The van der Waals surface area contributed by atoms with Crippen molar-refractivity contribution in [2.45, 2.75) is 6.04 Å². The fourth-order valence-electron chi connectivity index (χ4n) is 2.37. The second-order valence-electron chi connectivity index (χ2n) is 5.70. The van der Waals surface area contributed by atoms with Gasteiger partial charge in [0.1, 0.15) is 18.3 Å². The molecular formula is C18H24N3OS+. The second-order valence-corrected chi connectivity index (χ2v) is 6.11. The Bertz CT molecular complexity index is 631. The summed E-state index contributed by atoms with van der Waals surface area (Å²) < 4.78 is 5.23. The molecule has 23 heavy (non-hydrogen) atoms. The van der Waals surface area contributed by atoms with E-state index in [1.54, 1.807) is 7.11 Å². The quantitative estimate of drug-likeness (QED) is 0.707. The average Bonchev–Trinajstić information content (AvgIpc) is 2.54. The van der Waals surface area contributed by atoms with Gasteiger partial charge in [0.2, 0.25) is 0 Å². The van der Waals surface area contributed by atoms with Gasteiger partial charge < -0.3 is 20.3 Å². The number of ether oxygens (including phenoxy) is 1. The van der Waals surface area contributed by atoms with Gasteiger partial charge in [-0.3, -0.25) is 0 Å². The van der Waals surface area contributed by atoms with Crippen LogP contribution in [0.25, 0.3) is 0 Å². The van der Waals surface area contributed by atoms with Crippen LogP contribution in [0.5, 0.6) is 5.75 Å². The van der Waals surface area contributed by atoms with E-state index in [1.165, 1.54) is 10.5 Å². The molecule has 0 aliphatic carbocycles. The second kappa shape index (κ2) is 8.50. The maximum Gasteiger partial charge on any atom is 0.171 e. The SMILES string of the molecule is COc1cccc(NC(=S)N[C@H](C[NH+](C)C)c2ccccc2)c1. The van der Waals surface area contributed by atoms with Crippen molar-refractivity contribution in [3.05, 3.63) is 60.2 Å². The molecule has 1 atom stereocenters. The molecule has 0 aliphatic heterocycles. The summed E-state index contributed by atoms with van der Waals surface area (Å²) in [4.78, 5) is 1.36. The third-order valence-corrected chi connectivity index (χ3v) is 3.67. The molecule has 0 fully saturated rings. The number of anilines is 1. The molecule has 2 aromatic carbocycles. The van der Waals surface area contributed by atoms with Crippen molar-refractivity contribution >= 4 is 23.0 Å². The minimum atomic E-state index is 0.159. The zero-order valence-corrected chi connectivity index (χ0v) is 14.6. The van der Waals surface area contributed by atoms with Gasteiger partial charge in [0.05, 0.1) is 21.2 Å². The van der Waals surface area contributed by atoms with Gasteiger partial charge in [-0.1, -0.05) is 36.4 Å². The van der Waals surface area contributed by atoms with E-state index >= 15 is 0 Å². The monoisotopic (exact) mass is 330 g/mol. The first kappa shape index (κ1) is 17.2. The van der Waals surface area contributed by atoms with E-state index in [-0.39, 0.29) is 6.04 Å². The first-order valence-electron chi connectivity index (χ1n) is 7.64. The van der Waals surface area contributed by atoms with Crippen molar-refractivity contribution in [3.63, 3.8) is 0 Å². The van der Waals surface area contributed by atoms with Gasteiger partial charge in [-0.2, -0.15) is 0 Å². The van der Waals surface area contributed by atoms with Crippen LogP contribution in [0, 0.1) is 0 Å². The third-order valence-electron chi connectivity index (χ3n) is 3.45. The maximum atomic E-state index is 5.47. The predicted molar refractivity (Wildman–Crippen MR) is 99.2 cm³/mol. The normalized spacial score (nSPS) is 11.8. The van der Waals surface area contributed by atoms with E-state index in [4.69, 9.17) is 17.0 Å². The van der Waals surface area contributed by atoms with E-state index in [2.05, 4.69) is 36.9 Å². The summed E-state index contributed by atoms with van der Waals surface area (Å²) in [5, 5.41) is 7.24. The summed E-state index contributed by atoms with van der Waals surface area (Å²) in [5.41, 5.74) is 2.13. The molecule has 0 unspecified atom stereocenters. The van der Waals surface area contributed by atoms with E-state index in [0.29, 0.717) is 5.11 Å². The Morgan fingerprint density at radius 1 is 1.13 bits per heavy atom. The highest BCUT2D eigenvalue weighted by Gasteiger charge is 2.16. The number of likely N-dealkylation sites (N-methyl/N-ethyl adjacent to an activating group) is 1. The van der Waals surface area contributed by atoms with Crippen LogP contribution in [-0.4, -0.2) is 32.9 Å². The standard InChI is InChI=1S/C18H23N3OS/c1-21(2)13-17(14-8-5-4-6-9-14)20-18(23)19-15-10-7-11-16(12-15)22-3/h4-12,17H,13H2,1-3H3,(H2,19,20,23)/p+1/t17-/m1/s1. The highest BCUT2D eigenvalue weighted by atomic mass is 32.1. The molecule has 4 nitrogen and oxygen atoms in total. The predicted octanol–water partition coefficient (Wildman–Crippen LogP) is 1.87. The molecule has 2 aromatic rings. The van der Waals surface area contributed by atoms with Crippen molar-refractivity contribution in [3.8, 4) is 5.75 Å². The molecule has 0 aliphatic rings. The number of hydrogen-bond donors (Lipinski definition) is 3. The number of benzene rings is 2. The van der Waals surface area contributed by atoms with Crippen LogP contribution < -0.4 is 20.3 Å². The summed E-state index contributed by atoms with van der Waals surface area (Å²) in [6, 6.07) is 18.2. The maximum absolute atomic E-state index is 5.47. The number of nitrogens with one attached hydrogen (secondary N) is 3. The van der Waals surface area contributed by atoms with Crippen LogP contribution in [0.3, 0.4) is 0 Å². The highest BCUT2D eigenvalue weighted by molar-refractivity contribution is 7.80. The molecule has 0 saturated heterocycles. The van der Waals surface area contributed by atoms with Crippen LogP contribution in [0.2, 0.25) is 0 Å². The lowest BCUT2D eigenvalue weighted by Gasteiger charge is -2.22. The minimum Gasteiger partial charge on any atom is -0.497 e. The summed E-state index contributed by atoms with van der Waals surface area (Å²) in [7, 11) is 5.92. The zero-order chi connectivity index (χ0) is 16.7. The van der Waals surface area contributed by atoms with Crippen LogP contribution in [0.4, 0.5) is 5.69 Å². The van der Waals surface area contributed by atoms with Crippen LogP contribution in [0.1, 0.15) is 11.6 Å². The third kappa shape index (κ3) is 5.54. The Balaban J connectivity index is 2.05. The lowest BCUT2D eigenvalue weighted by molar-refractivity contribution is -0.860. The molecule has 122 valence electrons. The molecular weight excluding hydrogens is 306 g/mol. The number of methoxy groups -OCH3 is 1. The molecule has 2 rings (SSSR count). The van der Waals surface area contributed by atoms with Crippen LogP contribution in [0.15, 0.2) is 54.6 Å². The summed E-state index contributed by atoms with van der Waals surface area (Å²) in [6.07, 6.45) is 0. The largest absolute Gasteiger partial charge is 0.497 e. The Hall–Kier alpha value is -2.11. The number of hydrogen-bond acceptors (Lipinski definition) is 2. The van der Waals surface area contributed by atoms with Gasteiger partial charge in [0, 0.05) is 11.8 Å². The Morgan fingerprint density at radius 2 is 1.87 bits per heavy atom. The topological polar surface area (TPSA) is 37.7 Å². The fraction of sp³-hybridized carbons (Fsp3) is 0.278. The van der Waals surface area contributed by atoms with Gasteiger partial charge in [0.25, 0.3) is 0 Å². The number of quaternary nitrogens is 1. The Morgan fingerprint density at radius 3 is 2.52 bits per heavy atom. The highest BCUT2D eigenvalue weighted by Crippen LogP contribution is 2.17. The molecule has 0 aromatic heterocycles. The average molecular weight is 330 g/mol. The zero-order valence-electron chi connectivity index (χ0n) is 13.8. The molecule has 0 saturated carbocycles. The molecule has 0 heterocycles. The molecule has 0 amide bonds. The summed E-state index contributed by atoms with van der Waals surface area (Å²) in [6.45, 7) is 0.934. The van der Waals surface area contributed by atoms with Crippen molar-refractivity contribution in [1.29, 1.82) is 0 Å². The van der Waals surface area contributed by atoms with Crippen molar-refractivity contribution in [2.24, 2.45) is 0 Å². The van der Waals surface area contributed by atoms with Gasteiger partial charge in [-0.25, -0.2) is 0 Å². The lowest BCUT2D eigenvalue weighted by Crippen LogP contribution is -3.06. The summed E-state index contributed by atoms with van der Waals surface area (Å²) in [5.74, 6) is 0.801. The van der Waals surface area contributed by atoms with Crippen molar-refractivity contribution in [2.75, 3.05) is 33.1 Å². The molecule has 0 bridgehead atoms. The van der Waals surface area contributed by atoms with E-state index in [1.807, 2.05) is 42.5 Å². The molecule has 0 spiro atoms. The minimum absolute atomic E-state index is 0.159. The van der Waals surface area contributed by atoms with E-state index < -0.39 is 0 Å². The smallest absolute Gasteiger partial charge is 0.171 e. The van der Waals surface area contributed by atoms with Gasteiger partial charge in [0.15, 0.2) is 5.11 Å². The first-order valence-corrected chi connectivity index (χ1v) is 8.05. The van der Waals surface area contributed by atoms with Crippen LogP contribution in [-0.2, 0) is 0 Å². The summed E-state index contributed by atoms with van der Waals surface area (Å²) >= 11 is 5.47. The number of thiocarbonyl (C=S) groups is 1. The Kier molecular flexibility index (Phi) is 6.38. The lowest BCUT2D eigenvalue weighted by atomic mass is 10.1. The van der Waals surface area contributed by atoms with Gasteiger partial charge in [-0.15, -0.1) is 0 Å². The van der Waals surface area contributed by atoms with Crippen LogP contribution >= 0.6 is 12.2 Å². The molecule has 5 heteroatoms. The van der Waals surface area contributed by atoms with Crippen molar-refractivity contribution in [1.82, 2.24) is 5.32 Å².